The largest absolute Gasteiger partial charge is 0.461 e. The van der Waals surface area contributed by atoms with Gasteiger partial charge in [0.25, 0.3) is 0 Å². The van der Waals surface area contributed by atoms with Crippen LogP contribution in [0.1, 0.15) is 17.4 Å². The number of thiazole rings is 1. The number of aromatic nitrogens is 3. The average molecular weight is 393 g/mol. The Morgan fingerprint density at radius 2 is 2.26 bits per heavy atom. The van der Waals surface area contributed by atoms with Crippen LogP contribution in [0.5, 0.6) is 0 Å². The van der Waals surface area contributed by atoms with Crippen LogP contribution in [0.4, 0.5) is 5.82 Å². The van der Waals surface area contributed by atoms with Crippen LogP contribution in [0.25, 0.3) is 16.4 Å². The fourth-order valence-corrected chi connectivity index (χ4v) is 3.16. The van der Waals surface area contributed by atoms with Gasteiger partial charge in [-0.1, -0.05) is 28.1 Å². The van der Waals surface area contributed by atoms with Crippen molar-refractivity contribution < 1.29 is 9.53 Å². The van der Waals surface area contributed by atoms with E-state index in [-0.39, 0.29) is 5.69 Å². The Bertz CT molecular complexity index is 859. The van der Waals surface area contributed by atoms with Gasteiger partial charge in [0.05, 0.1) is 12.3 Å². The number of halogens is 1. The molecule has 8 heteroatoms. The Hall–Kier alpha value is -2.19. The lowest BCUT2D eigenvalue weighted by atomic mass is 10.2. The van der Waals surface area contributed by atoms with Gasteiger partial charge in [0.15, 0.2) is 5.69 Å². The van der Waals surface area contributed by atoms with Crippen LogP contribution in [-0.2, 0) is 4.74 Å². The number of rotatable bonds is 4. The van der Waals surface area contributed by atoms with Gasteiger partial charge in [0, 0.05) is 21.5 Å². The molecule has 0 radical (unpaired) electrons. The molecule has 0 fully saturated rings. The molecule has 0 aliphatic rings. The molecule has 0 saturated carbocycles. The lowest BCUT2D eigenvalue weighted by molar-refractivity contribution is 0.0520. The second kappa shape index (κ2) is 6.51. The predicted octanol–water partition coefficient (Wildman–Crippen LogP) is 3.52. The Balaban J connectivity index is 1.94. The van der Waals surface area contributed by atoms with E-state index >= 15 is 0 Å². The number of nitrogens with zero attached hydrogens (tertiary/aromatic N) is 3. The van der Waals surface area contributed by atoms with Crippen LogP contribution in [0.2, 0.25) is 0 Å². The fraction of sp³-hybridized carbons (Fsp3) is 0.133. The molecule has 6 nitrogen and oxygen atoms in total. The number of benzene rings is 1. The maximum atomic E-state index is 11.7. The molecule has 0 bridgehead atoms. The molecule has 2 N–H and O–H groups in total. The lowest BCUT2D eigenvalue weighted by Crippen LogP contribution is -2.06. The number of hydrogen-bond acceptors (Lipinski definition) is 6. The molecule has 2 heterocycles. The van der Waals surface area contributed by atoms with Crippen molar-refractivity contribution in [3.63, 3.8) is 0 Å². The Morgan fingerprint density at radius 3 is 3.00 bits per heavy atom. The smallest absolute Gasteiger partial charge is 0.357 e. The van der Waals surface area contributed by atoms with E-state index in [2.05, 4.69) is 26.0 Å². The Kier molecular flexibility index (Phi) is 4.44. The monoisotopic (exact) mass is 392 g/mol. The minimum atomic E-state index is -0.451. The maximum Gasteiger partial charge on any atom is 0.357 e. The van der Waals surface area contributed by atoms with Crippen molar-refractivity contribution in [1.82, 2.24) is 14.8 Å². The first kappa shape index (κ1) is 15.7. The summed E-state index contributed by atoms with van der Waals surface area (Å²) in [6.07, 6.45) is 0. The molecule has 0 spiro atoms. The number of ether oxygens (including phenoxy) is 1. The summed E-state index contributed by atoms with van der Waals surface area (Å²) >= 11 is 4.72. The summed E-state index contributed by atoms with van der Waals surface area (Å²) in [5.74, 6) is -0.00215. The van der Waals surface area contributed by atoms with Crippen LogP contribution in [-0.4, -0.2) is 27.3 Å². The van der Waals surface area contributed by atoms with Crippen molar-refractivity contribution >= 4 is 39.1 Å². The van der Waals surface area contributed by atoms with Crippen molar-refractivity contribution in [2.75, 3.05) is 12.3 Å². The highest BCUT2D eigenvalue weighted by molar-refractivity contribution is 9.10. The van der Waals surface area contributed by atoms with E-state index in [0.29, 0.717) is 17.6 Å². The zero-order valence-electron chi connectivity index (χ0n) is 12.2. The van der Waals surface area contributed by atoms with Gasteiger partial charge in [-0.05, 0) is 19.1 Å². The van der Waals surface area contributed by atoms with E-state index in [1.54, 1.807) is 18.4 Å². The van der Waals surface area contributed by atoms with Gasteiger partial charge in [-0.25, -0.2) is 9.78 Å². The van der Waals surface area contributed by atoms with E-state index in [4.69, 9.17) is 10.5 Å². The van der Waals surface area contributed by atoms with Crippen LogP contribution >= 0.6 is 27.3 Å². The molecule has 118 valence electrons. The molecule has 3 aromatic rings. The number of nitrogen functional groups attached to an aromatic ring is 1. The maximum absolute atomic E-state index is 11.7. The summed E-state index contributed by atoms with van der Waals surface area (Å²) in [4.78, 5) is 15.9. The van der Waals surface area contributed by atoms with Crippen molar-refractivity contribution in [2.45, 2.75) is 6.92 Å². The van der Waals surface area contributed by atoms with E-state index < -0.39 is 5.97 Å². The van der Waals surface area contributed by atoms with Gasteiger partial charge in [0.2, 0.25) is 5.13 Å². The quantitative estimate of drug-likeness (QED) is 0.686. The summed E-state index contributed by atoms with van der Waals surface area (Å²) in [5, 5.41) is 6.63. The standard InChI is InChI=1S/C15H13BrN4O2S/c1-2-22-14(21)12-8-23-15(18-12)20-13(17)7-11(19-20)9-4-3-5-10(16)6-9/h3-8H,2,17H2,1H3. The van der Waals surface area contributed by atoms with Crippen molar-refractivity contribution in [3.8, 4) is 16.4 Å². The molecule has 0 saturated heterocycles. The molecule has 0 unspecified atom stereocenters. The first-order valence-corrected chi connectivity index (χ1v) is 8.50. The molecule has 0 amide bonds. The molecular formula is C15H13BrN4O2S. The van der Waals surface area contributed by atoms with Crippen molar-refractivity contribution in [3.05, 3.63) is 45.9 Å². The summed E-state index contributed by atoms with van der Waals surface area (Å²) in [6, 6.07) is 9.54. The molecule has 2 aromatic heterocycles. The Morgan fingerprint density at radius 1 is 1.43 bits per heavy atom. The molecule has 0 atom stereocenters. The highest BCUT2D eigenvalue weighted by Crippen LogP contribution is 2.26. The second-order valence-corrected chi connectivity index (χ2v) is 6.36. The summed E-state index contributed by atoms with van der Waals surface area (Å²) < 4.78 is 7.41. The van der Waals surface area contributed by atoms with Crippen molar-refractivity contribution in [2.24, 2.45) is 0 Å². The van der Waals surface area contributed by atoms with Crippen LogP contribution in [0, 0.1) is 0 Å². The first-order chi connectivity index (χ1) is 11.1. The van der Waals surface area contributed by atoms with Gasteiger partial charge in [-0.3, -0.25) is 0 Å². The SMILES string of the molecule is CCOC(=O)c1csc(-n2nc(-c3cccc(Br)c3)cc2N)n1. The zero-order chi connectivity index (χ0) is 16.4. The summed E-state index contributed by atoms with van der Waals surface area (Å²) in [5.41, 5.74) is 7.96. The molecule has 0 aliphatic heterocycles. The lowest BCUT2D eigenvalue weighted by Gasteiger charge is -1.99. The molecule has 3 rings (SSSR count). The first-order valence-electron chi connectivity index (χ1n) is 6.83. The average Bonchev–Trinajstić information content (AvgIpc) is 3.14. The van der Waals surface area contributed by atoms with Gasteiger partial charge < -0.3 is 10.5 Å². The van der Waals surface area contributed by atoms with Gasteiger partial charge >= 0.3 is 5.97 Å². The third kappa shape index (κ3) is 3.27. The normalized spacial score (nSPS) is 10.7. The third-order valence-electron chi connectivity index (χ3n) is 3.02. The van der Waals surface area contributed by atoms with Gasteiger partial charge in [-0.2, -0.15) is 9.78 Å². The van der Waals surface area contributed by atoms with E-state index in [0.717, 1.165) is 15.7 Å². The summed E-state index contributed by atoms with van der Waals surface area (Å²) in [7, 11) is 0. The number of hydrogen-bond donors (Lipinski definition) is 1. The minimum Gasteiger partial charge on any atom is -0.461 e. The highest BCUT2D eigenvalue weighted by Gasteiger charge is 2.16. The zero-order valence-corrected chi connectivity index (χ0v) is 14.6. The molecule has 23 heavy (non-hydrogen) atoms. The number of carbonyl (C=O) groups excluding carboxylic acids is 1. The fourth-order valence-electron chi connectivity index (χ4n) is 2.00. The molecule has 1 aromatic carbocycles. The van der Waals surface area contributed by atoms with E-state index in [9.17, 15) is 4.79 Å². The molecular weight excluding hydrogens is 380 g/mol. The van der Waals surface area contributed by atoms with Crippen molar-refractivity contribution in [1.29, 1.82) is 0 Å². The van der Waals surface area contributed by atoms with Gasteiger partial charge in [0.1, 0.15) is 5.82 Å². The Labute approximate surface area is 145 Å². The second-order valence-electron chi connectivity index (χ2n) is 4.61. The highest BCUT2D eigenvalue weighted by atomic mass is 79.9. The van der Waals surface area contributed by atoms with E-state index in [1.165, 1.54) is 16.0 Å². The number of nitrogens with two attached hydrogens (primary N) is 1. The van der Waals surface area contributed by atoms with Crippen LogP contribution < -0.4 is 5.73 Å². The number of anilines is 1. The topological polar surface area (TPSA) is 83.0 Å². The predicted molar refractivity (Wildman–Crippen MR) is 92.7 cm³/mol. The van der Waals surface area contributed by atoms with Gasteiger partial charge in [-0.15, -0.1) is 11.3 Å². The third-order valence-corrected chi connectivity index (χ3v) is 4.32. The number of esters is 1. The minimum absolute atomic E-state index is 0.255. The molecule has 0 aliphatic carbocycles. The number of carbonyl (C=O) groups is 1. The summed E-state index contributed by atoms with van der Waals surface area (Å²) in [6.45, 7) is 2.06. The van der Waals surface area contributed by atoms with Crippen LogP contribution in [0.15, 0.2) is 40.2 Å². The van der Waals surface area contributed by atoms with E-state index in [1.807, 2.05) is 24.3 Å². The van der Waals surface area contributed by atoms with Crippen LogP contribution in [0.3, 0.4) is 0 Å².